The molecule has 20 heteroatoms. The highest BCUT2D eigenvalue weighted by Crippen LogP contribution is 2.44. The number of fused-ring (bicyclic) bond motifs is 1. The van der Waals surface area contributed by atoms with E-state index in [0.29, 0.717) is 11.1 Å². The van der Waals surface area contributed by atoms with Gasteiger partial charge in [-0.25, -0.2) is 19.4 Å². The summed E-state index contributed by atoms with van der Waals surface area (Å²) in [5.41, 5.74) is -5.74. The lowest BCUT2D eigenvalue weighted by molar-refractivity contribution is -0.194. The molecule has 3 N–H and O–H groups in total. The van der Waals surface area contributed by atoms with Crippen LogP contribution in [0.1, 0.15) is 46.4 Å². The Morgan fingerprint density at radius 2 is 1.74 bits per heavy atom. The molecule has 4 aromatic rings. The third kappa shape index (κ3) is 8.42. The summed E-state index contributed by atoms with van der Waals surface area (Å²) >= 11 is 6.30. The highest BCUT2D eigenvalue weighted by molar-refractivity contribution is 6.28. The number of H-pyrrole nitrogens is 1. The van der Waals surface area contributed by atoms with E-state index in [0.717, 1.165) is 25.1 Å². The number of halogens is 1. The van der Waals surface area contributed by atoms with Gasteiger partial charge >= 0.3 is 30.0 Å². The average molecular weight is 809 g/mol. The van der Waals surface area contributed by atoms with Gasteiger partial charge in [-0.2, -0.15) is 9.97 Å². The first kappa shape index (κ1) is 41.8. The zero-order valence-electron chi connectivity index (χ0n) is 31.3. The Morgan fingerprint density at radius 1 is 1.07 bits per heavy atom. The number of pyridine rings is 1. The van der Waals surface area contributed by atoms with Crippen LogP contribution < -0.4 is 10.5 Å². The number of amides is 1. The molecule has 0 saturated carbocycles. The van der Waals surface area contributed by atoms with Gasteiger partial charge in [0.05, 0.1) is 12.9 Å². The Bertz CT molecular complexity index is 2320. The van der Waals surface area contributed by atoms with Gasteiger partial charge < -0.3 is 38.9 Å². The average Bonchev–Trinajstić information content (AvgIpc) is 3.67. The van der Waals surface area contributed by atoms with Gasteiger partial charge in [-0.05, 0) is 55.6 Å². The molecule has 1 fully saturated rings. The van der Waals surface area contributed by atoms with Crippen LogP contribution in [0.2, 0.25) is 5.28 Å². The Kier molecular flexibility index (Phi) is 11.7. The molecule has 3 aromatic heterocycles. The van der Waals surface area contributed by atoms with Crippen LogP contribution in [-0.2, 0) is 49.3 Å². The van der Waals surface area contributed by atoms with E-state index in [1.165, 1.54) is 42.1 Å². The van der Waals surface area contributed by atoms with Crippen LogP contribution >= 0.6 is 11.6 Å². The molecule has 4 heterocycles. The zero-order valence-corrected chi connectivity index (χ0v) is 32.1. The maximum atomic E-state index is 13.0. The molecule has 1 aromatic carbocycles. The molecule has 1 saturated heterocycles. The van der Waals surface area contributed by atoms with Gasteiger partial charge in [0.25, 0.3) is 11.2 Å². The number of carbonyl (C=O) groups is 5. The number of carboxylic acid groups (broad SMARTS) is 2. The third-order valence-electron chi connectivity index (χ3n) is 8.64. The van der Waals surface area contributed by atoms with Crippen LogP contribution in [0.3, 0.4) is 0 Å². The SMILES string of the molecule is C#C[C@@]1(OC(C)=O)[C@@H](COC(Cc2ccc(-c3ccc[nH]c3=O)cc2)(C(=O)O)C(=O)O)O[C@@H](n2cnc3c(N(C)C(=O)OC(C)(C)C)nc(Cl)nc32)[C@@H]1OC(C)=O. The summed E-state index contributed by atoms with van der Waals surface area (Å²) in [6.45, 7) is 6.06. The molecule has 5 rings (SSSR count). The van der Waals surface area contributed by atoms with E-state index >= 15 is 0 Å². The van der Waals surface area contributed by atoms with Crippen molar-refractivity contribution >= 4 is 58.6 Å². The Labute approximate surface area is 328 Å². The molecule has 0 radical (unpaired) electrons. The summed E-state index contributed by atoms with van der Waals surface area (Å²) in [5.74, 6) is -3.52. The summed E-state index contributed by atoms with van der Waals surface area (Å²) in [7, 11) is 1.35. The minimum Gasteiger partial charge on any atom is -0.479 e. The number of rotatable bonds is 12. The minimum atomic E-state index is -2.98. The summed E-state index contributed by atoms with van der Waals surface area (Å²) < 4.78 is 29.8. The Morgan fingerprint density at radius 3 is 2.30 bits per heavy atom. The number of ether oxygens (including phenoxy) is 5. The second-order valence-corrected chi connectivity index (χ2v) is 14.1. The van der Waals surface area contributed by atoms with Crippen LogP contribution in [0.4, 0.5) is 10.6 Å². The molecule has 0 spiro atoms. The van der Waals surface area contributed by atoms with Crippen molar-refractivity contribution in [1.29, 1.82) is 0 Å². The van der Waals surface area contributed by atoms with Gasteiger partial charge in [-0.3, -0.25) is 23.9 Å². The lowest BCUT2D eigenvalue weighted by atomic mass is 9.91. The molecule has 1 aliphatic rings. The van der Waals surface area contributed by atoms with E-state index in [9.17, 15) is 39.0 Å². The molecule has 4 atom stereocenters. The van der Waals surface area contributed by atoms with Crippen molar-refractivity contribution in [2.45, 2.75) is 76.3 Å². The second-order valence-electron chi connectivity index (χ2n) is 13.8. The van der Waals surface area contributed by atoms with Crippen LogP contribution in [0.5, 0.6) is 0 Å². The maximum Gasteiger partial charge on any atom is 0.415 e. The maximum absolute atomic E-state index is 13.0. The van der Waals surface area contributed by atoms with Crippen molar-refractivity contribution in [2.24, 2.45) is 0 Å². The summed E-state index contributed by atoms with van der Waals surface area (Å²) in [5, 5.41) is 20.4. The van der Waals surface area contributed by atoms with Crippen molar-refractivity contribution in [3.63, 3.8) is 0 Å². The minimum absolute atomic E-state index is 0.0184. The summed E-state index contributed by atoms with van der Waals surface area (Å²) in [4.78, 5) is 92.3. The number of benzene rings is 1. The molecule has 0 bridgehead atoms. The van der Waals surface area contributed by atoms with Crippen LogP contribution in [0.25, 0.3) is 22.3 Å². The number of aromatic nitrogens is 5. The van der Waals surface area contributed by atoms with Crippen molar-refractivity contribution in [1.82, 2.24) is 24.5 Å². The quantitative estimate of drug-likeness (QED) is 0.0611. The Balaban J connectivity index is 1.55. The highest BCUT2D eigenvalue weighted by atomic mass is 35.5. The number of nitrogens with one attached hydrogen (secondary N) is 1. The number of imidazole rings is 1. The van der Waals surface area contributed by atoms with E-state index in [1.54, 1.807) is 32.9 Å². The van der Waals surface area contributed by atoms with Crippen LogP contribution in [0, 0.1) is 12.3 Å². The standard InChI is InChI=1S/C37H37ClN6O13/c1-8-36(56-20(3)46)24(17-53-37(31(48)49,32(50)51)16-21-11-13-22(14-12-21)23-10-9-15-39-29(23)47)55-30(26(36)54-19(2)45)44-18-40-25-27(41-33(38)42-28(25)44)43(7)34(52)57-35(4,5)6/h1,9-15,18,24,26,30H,16-17H2,2-7H3,(H,39,47)(H,48,49)(H,50,51)/t24-,26+,30-,36-/m1/s1. The predicted molar refractivity (Wildman–Crippen MR) is 198 cm³/mol. The van der Waals surface area contributed by atoms with Crippen molar-refractivity contribution in [3.05, 3.63) is 70.1 Å². The lowest BCUT2D eigenvalue weighted by Gasteiger charge is -2.34. The molecule has 57 heavy (non-hydrogen) atoms. The number of nitrogens with zero attached hydrogens (tertiary/aromatic N) is 5. The van der Waals surface area contributed by atoms with Gasteiger partial charge in [-0.1, -0.05) is 30.2 Å². The van der Waals surface area contributed by atoms with Crippen molar-refractivity contribution in [2.75, 3.05) is 18.6 Å². The molecule has 19 nitrogen and oxygen atoms in total. The summed E-state index contributed by atoms with van der Waals surface area (Å²) in [6.07, 6.45) is 2.03. The van der Waals surface area contributed by atoms with Gasteiger partial charge in [0, 0.05) is 39.1 Å². The second kappa shape index (κ2) is 16.0. The Hall–Kier alpha value is -6.36. The molecular formula is C37H37ClN6O13. The zero-order chi connectivity index (χ0) is 42.0. The molecule has 1 amide bonds. The molecule has 0 unspecified atom stereocenters. The van der Waals surface area contributed by atoms with Crippen molar-refractivity contribution in [3.8, 4) is 23.5 Å². The van der Waals surface area contributed by atoms with E-state index in [-0.39, 0.29) is 33.4 Å². The number of terminal acetylenes is 1. The number of carboxylic acids is 2. The number of hydrogen-bond acceptors (Lipinski definition) is 14. The first-order chi connectivity index (χ1) is 26.7. The number of hydrogen-bond donors (Lipinski definition) is 3. The van der Waals surface area contributed by atoms with Gasteiger partial charge in [0.15, 0.2) is 23.2 Å². The molecule has 0 aliphatic carbocycles. The number of carbonyl (C=O) groups excluding carboxylic acids is 3. The third-order valence-corrected chi connectivity index (χ3v) is 8.81. The highest BCUT2D eigenvalue weighted by Gasteiger charge is 2.63. The first-order valence-corrected chi connectivity index (χ1v) is 17.4. The van der Waals surface area contributed by atoms with E-state index < -0.39 is 78.2 Å². The number of aromatic amines is 1. The van der Waals surface area contributed by atoms with Gasteiger partial charge in [0.2, 0.25) is 17.0 Å². The number of aliphatic carboxylic acids is 2. The fourth-order valence-electron chi connectivity index (χ4n) is 6.09. The monoisotopic (exact) mass is 808 g/mol. The largest absolute Gasteiger partial charge is 0.479 e. The van der Waals surface area contributed by atoms with E-state index in [4.69, 9.17) is 41.7 Å². The van der Waals surface area contributed by atoms with Gasteiger partial charge in [-0.15, -0.1) is 6.42 Å². The first-order valence-electron chi connectivity index (χ1n) is 17.0. The molecule has 300 valence electrons. The fourth-order valence-corrected chi connectivity index (χ4v) is 6.25. The predicted octanol–water partition coefficient (Wildman–Crippen LogP) is 3.14. The van der Waals surface area contributed by atoms with E-state index in [1.807, 2.05) is 0 Å². The number of esters is 2. The fraction of sp³-hybridized carbons (Fsp3) is 0.378. The normalized spacial score (nSPS) is 19.4. The lowest BCUT2D eigenvalue weighted by Crippen LogP contribution is -2.56. The molecule has 1 aliphatic heterocycles. The van der Waals surface area contributed by atoms with Gasteiger partial charge in [0.1, 0.15) is 11.7 Å². The number of anilines is 1. The van der Waals surface area contributed by atoms with Crippen LogP contribution in [0.15, 0.2) is 53.7 Å². The van der Waals surface area contributed by atoms with Crippen molar-refractivity contribution < 1.29 is 57.9 Å². The topological polar surface area (TPSA) is 252 Å². The smallest absolute Gasteiger partial charge is 0.415 e. The van der Waals surface area contributed by atoms with E-state index in [2.05, 4.69) is 25.9 Å². The molecular weight excluding hydrogens is 772 g/mol. The summed E-state index contributed by atoms with van der Waals surface area (Å²) in [6, 6.07) is 9.07. The van der Waals surface area contributed by atoms with Crippen LogP contribution in [-0.4, -0.2) is 107 Å².